The van der Waals surface area contributed by atoms with Crippen molar-refractivity contribution < 1.29 is 0 Å². The Morgan fingerprint density at radius 1 is 1.29 bits per heavy atom. The van der Waals surface area contributed by atoms with Gasteiger partial charge in [0.1, 0.15) is 0 Å². The molecule has 0 amide bonds. The van der Waals surface area contributed by atoms with Crippen LogP contribution >= 0.6 is 11.6 Å². The van der Waals surface area contributed by atoms with Crippen LogP contribution in [0.15, 0.2) is 18.2 Å². The van der Waals surface area contributed by atoms with Crippen LogP contribution in [0.25, 0.3) is 0 Å². The summed E-state index contributed by atoms with van der Waals surface area (Å²) >= 11 is 5.99. The molecule has 0 aliphatic rings. The zero-order valence-electron chi connectivity index (χ0n) is 11.2. The highest BCUT2D eigenvalue weighted by molar-refractivity contribution is 6.30. The smallest absolute Gasteiger partial charge is 0.0412 e. The first-order chi connectivity index (χ1) is 7.95. The lowest BCUT2D eigenvalue weighted by molar-refractivity contribution is 0.503. The van der Waals surface area contributed by atoms with E-state index in [2.05, 4.69) is 38.8 Å². The van der Waals surface area contributed by atoms with Crippen molar-refractivity contribution in [2.24, 2.45) is 11.7 Å². The summed E-state index contributed by atoms with van der Waals surface area (Å²) in [7, 11) is 2.12. The molecule has 1 atom stereocenters. The van der Waals surface area contributed by atoms with Crippen molar-refractivity contribution in [2.75, 3.05) is 11.9 Å². The highest BCUT2D eigenvalue weighted by Crippen LogP contribution is 2.26. The van der Waals surface area contributed by atoms with Crippen LogP contribution in [0.2, 0.25) is 5.02 Å². The molecule has 0 saturated carbocycles. The lowest BCUT2D eigenvalue weighted by atomic mass is 10.0. The van der Waals surface area contributed by atoms with Gasteiger partial charge < -0.3 is 10.6 Å². The molecule has 2 nitrogen and oxygen atoms in total. The predicted octanol–water partition coefficient (Wildman–Crippen LogP) is 3.67. The fourth-order valence-electron chi connectivity index (χ4n) is 2.14. The maximum atomic E-state index is 5.99. The number of halogens is 1. The average Bonchev–Trinajstić information content (AvgIpc) is 2.27. The third-order valence-electron chi connectivity index (χ3n) is 3.12. The third-order valence-corrected chi connectivity index (χ3v) is 3.35. The van der Waals surface area contributed by atoms with Crippen LogP contribution in [0, 0.1) is 5.92 Å². The van der Waals surface area contributed by atoms with Crippen molar-refractivity contribution in [2.45, 2.75) is 39.8 Å². The number of hydrogen-bond donors (Lipinski definition) is 1. The normalized spacial score (nSPS) is 12.9. The summed E-state index contributed by atoms with van der Waals surface area (Å²) in [4.78, 5) is 2.29. The predicted molar refractivity (Wildman–Crippen MR) is 76.7 cm³/mol. The maximum absolute atomic E-state index is 5.99. The van der Waals surface area contributed by atoms with Gasteiger partial charge in [-0.1, -0.05) is 25.4 Å². The molecule has 0 fully saturated rings. The quantitative estimate of drug-likeness (QED) is 0.869. The van der Waals surface area contributed by atoms with Gasteiger partial charge in [0, 0.05) is 30.3 Å². The van der Waals surface area contributed by atoms with Gasteiger partial charge in [0.05, 0.1) is 0 Å². The van der Waals surface area contributed by atoms with Gasteiger partial charge in [-0.05, 0) is 43.0 Å². The summed E-state index contributed by atoms with van der Waals surface area (Å²) in [6.07, 6.45) is 1.17. The zero-order valence-corrected chi connectivity index (χ0v) is 12.0. The van der Waals surface area contributed by atoms with Gasteiger partial charge in [-0.3, -0.25) is 0 Å². The fraction of sp³-hybridized carbons (Fsp3) is 0.571. The van der Waals surface area contributed by atoms with Crippen LogP contribution in [-0.4, -0.2) is 13.1 Å². The van der Waals surface area contributed by atoms with Gasteiger partial charge in [-0.2, -0.15) is 0 Å². The van der Waals surface area contributed by atoms with Crippen molar-refractivity contribution in [3.63, 3.8) is 0 Å². The van der Waals surface area contributed by atoms with Crippen molar-refractivity contribution in [1.29, 1.82) is 0 Å². The summed E-state index contributed by atoms with van der Waals surface area (Å²) in [5, 5.41) is 0.749. The molecular weight excluding hydrogens is 232 g/mol. The molecule has 0 heterocycles. The molecule has 0 radical (unpaired) electrons. The molecule has 0 aliphatic heterocycles. The third kappa shape index (κ3) is 3.90. The second kappa shape index (κ2) is 6.27. The van der Waals surface area contributed by atoms with Gasteiger partial charge in [0.15, 0.2) is 0 Å². The number of rotatable bonds is 5. The SMILES string of the molecule is CC(C)CC(C)N(C)c1ccc(Cl)cc1CN. The van der Waals surface area contributed by atoms with Gasteiger partial charge in [-0.25, -0.2) is 0 Å². The Kier molecular flexibility index (Phi) is 5.29. The maximum Gasteiger partial charge on any atom is 0.0412 e. The Hall–Kier alpha value is -0.730. The van der Waals surface area contributed by atoms with E-state index in [-0.39, 0.29) is 0 Å². The Morgan fingerprint density at radius 2 is 1.94 bits per heavy atom. The van der Waals surface area contributed by atoms with E-state index in [0.717, 1.165) is 10.6 Å². The lowest BCUT2D eigenvalue weighted by Crippen LogP contribution is -2.31. The number of anilines is 1. The van der Waals surface area contributed by atoms with Gasteiger partial charge in [0.2, 0.25) is 0 Å². The molecule has 1 unspecified atom stereocenters. The number of hydrogen-bond acceptors (Lipinski definition) is 2. The van der Waals surface area contributed by atoms with E-state index in [0.29, 0.717) is 18.5 Å². The zero-order chi connectivity index (χ0) is 13.0. The summed E-state index contributed by atoms with van der Waals surface area (Å²) in [5.41, 5.74) is 8.07. The molecule has 1 aromatic rings. The molecule has 2 N–H and O–H groups in total. The largest absolute Gasteiger partial charge is 0.372 e. The minimum Gasteiger partial charge on any atom is -0.372 e. The number of nitrogens with two attached hydrogens (primary N) is 1. The molecule has 1 rings (SSSR count). The second-order valence-corrected chi connectivity index (χ2v) is 5.50. The second-order valence-electron chi connectivity index (χ2n) is 5.07. The van der Waals surface area contributed by atoms with E-state index in [9.17, 15) is 0 Å². The molecule has 3 heteroatoms. The summed E-state index contributed by atoms with van der Waals surface area (Å²) < 4.78 is 0. The molecule has 1 aromatic carbocycles. The molecule has 0 spiro atoms. The van der Waals surface area contributed by atoms with Crippen LogP contribution in [0.3, 0.4) is 0 Å². The van der Waals surface area contributed by atoms with Crippen molar-refractivity contribution in [3.05, 3.63) is 28.8 Å². The Labute approximate surface area is 110 Å². The van der Waals surface area contributed by atoms with Gasteiger partial charge in [-0.15, -0.1) is 0 Å². The summed E-state index contributed by atoms with van der Waals surface area (Å²) in [6.45, 7) is 7.26. The van der Waals surface area contributed by atoms with Crippen LogP contribution in [0.1, 0.15) is 32.8 Å². The first-order valence-electron chi connectivity index (χ1n) is 6.17. The molecule has 0 saturated heterocycles. The molecule has 0 bridgehead atoms. The Balaban J connectivity index is 2.91. The fourth-order valence-corrected chi connectivity index (χ4v) is 2.33. The van der Waals surface area contributed by atoms with E-state index in [1.807, 2.05) is 12.1 Å². The van der Waals surface area contributed by atoms with E-state index in [1.54, 1.807) is 0 Å². The molecular formula is C14H23ClN2. The van der Waals surface area contributed by atoms with Crippen LogP contribution < -0.4 is 10.6 Å². The van der Waals surface area contributed by atoms with E-state index >= 15 is 0 Å². The first-order valence-corrected chi connectivity index (χ1v) is 6.54. The van der Waals surface area contributed by atoms with Gasteiger partial charge >= 0.3 is 0 Å². The van der Waals surface area contributed by atoms with Crippen LogP contribution in [0.5, 0.6) is 0 Å². The van der Waals surface area contributed by atoms with Crippen LogP contribution in [-0.2, 0) is 6.54 Å². The van der Waals surface area contributed by atoms with Crippen molar-refractivity contribution in [3.8, 4) is 0 Å². The van der Waals surface area contributed by atoms with E-state index in [1.165, 1.54) is 12.1 Å². The van der Waals surface area contributed by atoms with Gasteiger partial charge in [0.25, 0.3) is 0 Å². The number of nitrogens with zero attached hydrogens (tertiary/aromatic N) is 1. The average molecular weight is 255 g/mol. The van der Waals surface area contributed by atoms with Crippen molar-refractivity contribution >= 4 is 17.3 Å². The molecule has 17 heavy (non-hydrogen) atoms. The monoisotopic (exact) mass is 254 g/mol. The highest BCUT2D eigenvalue weighted by Gasteiger charge is 2.14. The standard InChI is InChI=1S/C14H23ClN2/c1-10(2)7-11(3)17(4)14-6-5-13(15)8-12(14)9-16/h5-6,8,10-11H,7,9,16H2,1-4H3. The van der Waals surface area contributed by atoms with Crippen molar-refractivity contribution in [1.82, 2.24) is 0 Å². The highest BCUT2D eigenvalue weighted by atomic mass is 35.5. The molecule has 0 aliphatic carbocycles. The van der Waals surface area contributed by atoms with Crippen LogP contribution in [0.4, 0.5) is 5.69 Å². The first kappa shape index (κ1) is 14.3. The molecule has 96 valence electrons. The number of benzene rings is 1. The van der Waals surface area contributed by atoms with E-state index < -0.39 is 0 Å². The Morgan fingerprint density at radius 3 is 2.47 bits per heavy atom. The lowest BCUT2D eigenvalue weighted by Gasteiger charge is -2.30. The molecule has 0 aromatic heterocycles. The summed E-state index contributed by atoms with van der Waals surface area (Å²) in [6, 6.07) is 6.44. The summed E-state index contributed by atoms with van der Waals surface area (Å²) in [5.74, 6) is 0.695. The minimum atomic E-state index is 0.501. The van der Waals surface area contributed by atoms with E-state index in [4.69, 9.17) is 17.3 Å². The topological polar surface area (TPSA) is 29.3 Å². The Bertz CT molecular complexity index is 363. The minimum absolute atomic E-state index is 0.501.